The first-order valence-corrected chi connectivity index (χ1v) is 13.2. The quantitative estimate of drug-likeness (QED) is 0.630. The number of sulfonamides is 1. The summed E-state index contributed by atoms with van der Waals surface area (Å²) in [5.41, 5.74) is 1.64. The number of carbonyl (C=O) groups excluding carboxylic acids is 2. The van der Waals surface area contributed by atoms with E-state index in [1.54, 1.807) is 0 Å². The fraction of sp³-hybridized carbons (Fsp3) is 0.652. The second-order valence-electron chi connectivity index (χ2n) is 9.16. The van der Waals surface area contributed by atoms with Crippen molar-refractivity contribution in [3.8, 4) is 0 Å². The first-order chi connectivity index (χ1) is 14.9. The minimum Gasteiger partial charge on any atom is -0.349 e. The van der Waals surface area contributed by atoms with Crippen molar-refractivity contribution in [1.29, 1.82) is 0 Å². The molecule has 3 aliphatic rings. The lowest BCUT2D eigenvalue weighted by Crippen LogP contribution is -2.47. The maximum absolute atomic E-state index is 13.4. The van der Waals surface area contributed by atoms with Crippen LogP contribution in [-0.4, -0.2) is 60.4 Å². The van der Waals surface area contributed by atoms with Crippen molar-refractivity contribution in [3.05, 3.63) is 35.4 Å². The molecule has 3 fully saturated rings. The van der Waals surface area contributed by atoms with Gasteiger partial charge in [-0.05, 0) is 62.6 Å². The molecule has 0 radical (unpaired) electrons. The fourth-order valence-corrected chi connectivity index (χ4v) is 5.83. The van der Waals surface area contributed by atoms with Crippen LogP contribution in [-0.2, 0) is 21.4 Å². The van der Waals surface area contributed by atoms with Crippen LogP contribution in [0.5, 0.6) is 0 Å². The summed E-state index contributed by atoms with van der Waals surface area (Å²) in [7, 11) is -3.28. The van der Waals surface area contributed by atoms with E-state index in [1.807, 2.05) is 36.1 Å². The number of rotatable bonds is 9. The lowest BCUT2D eigenvalue weighted by atomic mass is 9.97. The van der Waals surface area contributed by atoms with Gasteiger partial charge in [-0.3, -0.25) is 9.59 Å². The normalized spacial score (nSPS) is 22.2. The van der Waals surface area contributed by atoms with E-state index in [-0.39, 0.29) is 29.5 Å². The average Bonchev–Trinajstić information content (AvgIpc) is 3.67. The molecule has 0 aromatic heterocycles. The summed E-state index contributed by atoms with van der Waals surface area (Å²) in [4.78, 5) is 27.5. The van der Waals surface area contributed by atoms with Crippen LogP contribution in [0.25, 0.3) is 0 Å². The molecular formula is C23H33N3O4S. The first kappa shape index (κ1) is 22.3. The molecule has 7 nitrogen and oxygen atoms in total. The number of piperidine rings is 1. The molecule has 2 saturated carbocycles. The number of hydrogen-bond acceptors (Lipinski definition) is 4. The molecule has 4 rings (SSSR count). The number of nitrogens with one attached hydrogen (secondary N) is 1. The lowest BCUT2D eigenvalue weighted by molar-refractivity contribution is -0.138. The van der Waals surface area contributed by atoms with Crippen molar-refractivity contribution >= 4 is 21.8 Å². The predicted molar refractivity (Wildman–Crippen MR) is 119 cm³/mol. The van der Waals surface area contributed by atoms with Crippen LogP contribution in [0.3, 0.4) is 0 Å². The van der Waals surface area contributed by atoms with E-state index >= 15 is 0 Å². The summed E-state index contributed by atoms with van der Waals surface area (Å²) < 4.78 is 26.5. The molecular weight excluding hydrogens is 414 g/mol. The zero-order valence-corrected chi connectivity index (χ0v) is 19.1. The highest BCUT2D eigenvalue weighted by atomic mass is 32.2. The van der Waals surface area contributed by atoms with Gasteiger partial charge < -0.3 is 10.2 Å². The molecule has 2 amide bonds. The highest BCUT2D eigenvalue weighted by Crippen LogP contribution is 2.32. The van der Waals surface area contributed by atoms with Crippen molar-refractivity contribution in [1.82, 2.24) is 14.5 Å². The average molecular weight is 448 g/mol. The van der Waals surface area contributed by atoms with E-state index in [0.29, 0.717) is 37.7 Å². The molecule has 1 unspecified atom stereocenters. The van der Waals surface area contributed by atoms with Crippen molar-refractivity contribution in [2.24, 2.45) is 5.92 Å². The third-order valence-electron chi connectivity index (χ3n) is 6.34. The molecule has 31 heavy (non-hydrogen) atoms. The molecule has 1 atom stereocenters. The van der Waals surface area contributed by atoms with E-state index < -0.39 is 10.0 Å². The van der Waals surface area contributed by atoms with E-state index in [4.69, 9.17) is 0 Å². The van der Waals surface area contributed by atoms with Crippen LogP contribution in [0, 0.1) is 5.92 Å². The minimum atomic E-state index is -3.28. The van der Waals surface area contributed by atoms with Gasteiger partial charge in [-0.25, -0.2) is 12.7 Å². The van der Waals surface area contributed by atoms with Gasteiger partial charge in [-0.2, -0.15) is 0 Å². The predicted octanol–water partition coefficient (Wildman–Crippen LogP) is 2.52. The first-order valence-electron chi connectivity index (χ1n) is 11.6. The Kier molecular flexibility index (Phi) is 6.67. The number of hydrogen-bond donors (Lipinski definition) is 1. The zero-order chi connectivity index (χ0) is 22.0. The minimum absolute atomic E-state index is 0.0419. The smallest absolute Gasteiger partial charge is 0.251 e. The van der Waals surface area contributed by atoms with Crippen LogP contribution >= 0.6 is 0 Å². The molecule has 1 N–H and O–H groups in total. The van der Waals surface area contributed by atoms with Crippen LogP contribution in [0.15, 0.2) is 24.3 Å². The van der Waals surface area contributed by atoms with Crippen LogP contribution in [0.1, 0.15) is 67.8 Å². The van der Waals surface area contributed by atoms with Crippen molar-refractivity contribution < 1.29 is 18.0 Å². The molecule has 2 aliphatic carbocycles. The zero-order valence-electron chi connectivity index (χ0n) is 18.3. The summed E-state index contributed by atoms with van der Waals surface area (Å²) in [5, 5.41) is 2.99. The second kappa shape index (κ2) is 9.28. The Morgan fingerprint density at radius 3 is 2.42 bits per heavy atom. The van der Waals surface area contributed by atoms with Gasteiger partial charge in [-0.1, -0.05) is 19.1 Å². The molecule has 1 aliphatic heterocycles. The van der Waals surface area contributed by atoms with Gasteiger partial charge in [0.15, 0.2) is 0 Å². The maximum atomic E-state index is 13.4. The van der Waals surface area contributed by atoms with Gasteiger partial charge >= 0.3 is 0 Å². The van der Waals surface area contributed by atoms with Gasteiger partial charge in [-0.15, -0.1) is 0 Å². The highest BCUT2D eigenvalue weighted by molar-refractivity contribution is 7.89. The fourth-order valence-electron chi connectivity index (χ4n) is 4.25. The van der Waals surface area contributed by atoms with Crippen LogP contribution in [0.4, 0.5) is 0 Å². The standard InChI is InChI=1S/C23H33N3O4S/c1-2-14-31(29,30)25-13-3-4-19(16-25)23(28)26(21-11-12-21)15-17-5-7-18(8-6-17)22(27)24-20-9-10-20/h5-8,19-21H,2-4,9-16H2,1H3,(H,24,27). The largest absolute Gasteiger partial charge is 0.349 e. The van der Waals surface area contributed by atoms with Crippen LogP contribution < -0.4 is 5.32 Å². The van der Waals surface area contributed by atoms with E-state index in [1.165, 1.54) is 4.31 Å². The lowest BCUT2D eigenvalue weighted by Gasteiger charge is -2.34. The Bertz CT molecular complexity index is 907. The Morgan fingerprint density at radius 2 is 1.81 bits per heavy atom. The van der Waals surface area contributed by atoms with E-state index in [2.05, 4.69) is 5.32 Å². The van der Waals surface area contributed by atoms with Gasteiger partial charge in [0, 0.05) is 37.3 Å². The Balaban J connectivity index is 1.40. The van der Waals surface area contributed by atoms with Crippen molar-refractivity contribution in [2.75, 3.05) is 18.8 Å². The van der Waals surface area contributed by atoms with Gasteiger partial charge in [0.1, 0.15) is 0 Å². The van der Waals surface area contributed by atoms with E-state index in [0.717, 1.165) is 44.1 Å². The number of amides is 2. The topological polar surface area (TPSA) is 86.8 Å². The summed E-state index contributed by atoms with van der Waals surface area (Å²) in [6.45, 7) is 3.18. The summed E-state index contributed by atoms with van der Waals surface area (Å²) in [6, 6.07) is 8.05. The van der Waals surface area contributed by atoms with Crippen LogP contribution in [0.2, 0.25) is 0 Å². The second-order valence-corrected chi connectivity index (χ2v) is 11.2. The third-order valence-corrected chi connectivity index (χ3v) is 8.38. The number of carbonyl (C=O) groups is 2. The van der Waals surface area contributed by atoms with Gasteiger partial charge in [0.05, 0.1) is 11.7 Å². The maximum Gasteiger partial charge on any atom is 0.251 e. The van der Waals surface area contributed by atoms with Crippen molar-refractivity contribution in [3.63, 3.8) is 0 Å². The molecule has 1 saturated heterocycles. The molecule has 1 aromatic carbocycles. The highest BCUT2D eigenvalue weighted by Gasteiger charge is 2.39. The molecule has 1 aromatic rings. The van der Waals surface area contributed by atoms with Crippen molar-refractivity contribution in [2.45, 2.75) is 70.5 Å². The van der Waals surface area contributed by atoms with E-state index in [9.17, 15) is 18.0 Å². The van der Waals surface area contributed by atoms with Gasteiger partial charge in [0.25, 0.3) is 5.91 Å². The van der Waals surface area contributed by atoms with Gasteiger partial charge in [0.2, 0.25) is 15.9 Å². The SMILES string of the molecule is CCCS(=O)(=O)N1CCCC(C(=O)N(Cc2ccc(C(=O)NC3CC3)cc2)C2CC2)C1. The summed E-state index contributed by atoms with van der Waals surface area (Å²) in [6.07, 6.45) is 6.15. The molecule has 1 heterocycles. The molecule has 0 spiro atoms. The molecule has 170 valence electrons. The third kappa shape index (κ3) is 5.66. The Hall–Kier alpha value is -1.93. The number of benzene rings is 1. The Labute approximate surface area is 185 Å². The Morgan fingerprint density at radius 1 is 1.10 bits per heavy atom. The summed E-state index contributed by atoms with van der Waals surface area (Å²) >= 11 is 0. The monoisotopic (exact) mass is 447 g/mol. The summed E-state index contributed by atoms with van der Waals surface area (Å²) in [5.74, 6) is -0.111. The number of nitrogens with zero attached hydrogens (tertiary/aromatic N) is 2. The molecule has 0 bridgehead atoms. The molecule has 8 heteroatoms.